The summed E-state index contributed by atoms with van der Waals surface area (Å²) in [5, 5.41) is 21.4. The Balaban J connectivity index is 1.85. The zero-order chi connectivity index (χ0) is 26.5. The first-order valence-electron chi connectivity index (χ1n) is 12.0. The quantitative estimate of drug-likeness (QED) is 0.194. The molecule has 8 heteroatoms. The van der Waals surface area contributed by atoms with Gasteiger partial charge in [-0.05, 0) is 73.5 Å². The van der Waals surface area contributed by atoms with Crippen molar-refractivity contribution in [2.75, 3.05) is 18.1 Å². The summed E-state index contributed by atoms with van der Waals surface area (Å²) in [5.41, 5.74) is 1.07. The van der Waals surface area contributed by atoms with Crippen molar-refractivity contribution in [1.82, 2.24) is 0 Å². The summed E-state index contributed by atoms with van der Waals surface area (Å²) in [7, 11) is 0. The number of ether oxygens (including phenoxy) is 2. The number of aliphatic hydroxyl groups is 1. The van der Waals surface area contributed by atoms with Crippen LogP contribution in [0.5, 0.6) is 11.5 Å². The number of phenolic OH excluding ortho intramolecular Hbond substituents is 1. The standard InChI is InChI=1S/C29H27NO7/c1-3-15-37-23-13-11-18(12-14-23)26(32)24-25(19-7-6-10-22(31)17-19)30(28(34)27(24)33)21-9-5-8-20(16-21)29(35)36-4-2/h5-14,16-17,25,31-32H,3-4,15H2,1-2H3/b26-24+. The zero-order valence-corrected chi connectivity index (χ0v) is 20.5. The second kappa shape index (κ2) is 11.0. The molecule has 0 spiro atoms. The smallest absolute Gasteiger partial charge is 0.338 e. The third-order valence-corrected chi connectivity index (χ3v) is 5.87. The predicted octanol–water partition coefficient (Wildman–Crippen LogP) is 4.98. The van der Waals surface area contributed by atoms with Gasteiger partial charge in [-0.25, -0.2) is 4.79 Å². The van der Waals surface area contributed by atoms with Crippen LogP contribution in [-0.4, -0.2) is 41.1 Å². The van der Waals surface area contributed by atoms with E-state index in [1.54, 1.807) is 61.5 Å². The number of phenols is 1. The Bertz CT molecular complexity index is 1360. The fraction of sp³-hybridized carbons (Fsp3) is 0.207. The van der Waals surface area contributed by atoms with Crippen LogP contribution in [0.25, 0.3) is 5.76 Å². The van der Waals surface area contributed by atoms with Gasteiger partial charge >= 0.3 is 5.97 Å². The van der Waals surface area contributed by atoms with E-state index in [4.69, 9.17) is 9.47 Å². The third-order valence-electron chi connectivity index (χ3n) is 5.87. The van der Waals surface area contributed by atoms with Crippen molar-refractivity contribution in [2.45, 2.75) is 26.3 Å². The second-order valence-electron chi connectivity index (χ2n) is 8.41. The van der Waals surface area contributed by atoms with E-state index in [0.717, 1.165) is 6.42 Å². The Kier molecular flexibility index (Phi) is 7.57. The zero-order valence-electron chi connectivity index (χ0n) is 20.5. The van der Waals surface area contributed by atoms with Crippen LogP contribution in [0.15, 0.2) is 78.4 Å². The minimum Gasteiger partial charge on any atom is -0.508 e. The van der Waals surface area contributed by atoms with Crippen molar-refractivity contribution in [3.63, 3.8) is 0 Å². The molecule has 37 heavy (non-hydrogen) atoms. The number of nitrogens with zero attached hydrogens (tertiary/aromatic N) is 1. The van der Waals surface area contributed by atoms with Gasteiger partial charge < -0.3 is 19.7 Å². The van der Waals surface area contributed by atoms with E-state index < -0.39 is 23.7 Å². The highest BCUT2D eigenvalue weighted by Crippen LogP contribution is 2.43. The number of benzene rings is 3. The van der Waals surface area contributed by atoms with E-state index >= 15 is 0 Å². The Labute approximate surface area is 214 Å². The molecule has 1 heterocycles. The fourth-order valence-corrected chi connectivity index (χ4v) is 4.19. The van der Waals surface area contributed by atoms with Crippen LogP contribution in [0.3, 0.4) is 0 Å². The lowest BCUT2D eigenvalue weighted by Crippen LogP contribution is -2.29. The summed E-state index contributed by atoms with van der Waals surface area (Å²) >= 11 is 0. The minimum absolute atomic E-state index is 0.0687. The number of Topliss-reactive ketones (excluding diaryl/α,β-unsaturated/α-hetero) is 1. The molecule has 2 N–H and O–H groups in total. The Morgan fingerprint density at radius 1 is 0.946 bits per heavy atom. The summed E-state index contributed by atoms with van der Waals surface area (Å²) in [4.78, 5) is 40.2. The van der Waals surface area contributed by atoms with E-state index in [0.29, 0.717) is 23.5 Å². The average molecular weight is 502 g/mol. The summed E-state index contributed by atoms with van der Waals surface area (Å²) in [6, 6.07) is 17.8. The molecule has 1 aliphatic rings. The molecule has 1 aliphatic heterocycles. The van der Waals surface area contributed by atoms with Crippen molar-refractivity contribution in [2.24, 2.45) is 0 Å². The number of aliphatic hydroxyl groups excluding tert-OH is 1. The average Bonchev–Trinajstić information content (AvgIpc) is 3.17. The normalized spacial score (nSPS) is 16.6. The van der Waals surface area contributed by atoms with Crippen LogP contribution >= 0.6 is 0 Å². The molecule has 1 unspecified atom stereocenters. The van der Waals surface area contributed by atoms with Crippen LogP contribution in [0.1, 0.15) is 47.8 Å². The molecule has 4 rings (SSSR count). The summed E-state index contributed by atoms with van der Waals surface area (Å²) in [5.74, 6) is -2.16. The Morgan fingerprint density at radius 2 is 1.68 bits per heavy atom. The maximum absolute atomic E-state index is 13.3. The number of aromatic hydroxyl groups is 1. The number of hydrogen-bond donors (Lipinski definition) is 2. The van der Waals surface area contributed by atoms with Crippen molar-refractivity contribution in [3.05, 3.63) is 95.1 Å². The predicted molar refractivity (Wildman–Crippen MR) is 138 cm³/mol. The van der Waals surface area contributed by atoms with E-state index in [2.05, 4.69) is 0 Å². The summed E-state index contributed by atoms with van der Waals surface area (Å²) in [6.07, 6.45) is 0.840. The van der Waals surface area contributed by atoms with E-state index in [-0.39, 0.29) is 34.9 Å². The second-order valence-corrected chi connectivity index (χ2v) is 8.41. The molecule has 3 aromatic carbocycles. The molecule has 0 saturated carbocycles. The van der Waals surface area contributed by atoms with Gasteiger partial charge in [-0.15, -0.1) is 0 Å². The maximum Gasteiger partial charge on any atom is 0.338 e. The van der Waals surface area contributed by atoms with Gasteiger partial charge in [-0.2, -0.15) is 0 Å². The largest absolute Gasteiger partial charge is 0.508 e. The highest BCUT2D eigenvalue weighted by Gasteiger charge is 2.47. The van der Waals surface area contributed by atoms with Gasteiger partial charge in [0.05, 0.1) is 30.4 Å². The molecule has 1 amide bonds. The fourth-order valence-electron chi connectivity index (χ4n) is 4.19. The number of anilines is 1. The van der Waals surface area contributed by atoms with Gasteiger partial charge in [0.25, 0.3) is 11.7 Å². The van der Waals surface area contributed by atoms with Crippen molar-refractivity contribution in [1.29, 1.82) is 0 Å². The molecular formula is C29H27NO7. The molecule has 1 fully saturated rings. The highest BCUT2D eigenvalue weighted by molar-refractivity contribution is 6.51. The number of carbonyl (C=O) groups excluding carboxylic acids is 3. The SMILES string of the molecule is CCCOc1ccc(/C(O)=C2\C(=O)C(=O)N(c3cccc(C(=O)OCC)c3)C2c2cccc(O)c2)cc1. The van der Waals surface area contributed by atoms with E-state index in [1.807, 2.05) is 6.92 Å². The van der Waals surface area contributed by atoms with Crippen LogP contribution in [0.2, 0.25) is 0 Å². The molecule has 3 aromatic rings. The topological polar surface area (TPSA) is 113 Å². The summed E-state index contributed by atoms with van der Waals surface area (Å²) < 4.78 is 10.7. The number of hydrogen-bond acceptors (Lipinski definition) is 7. The lowest BCUT2D eigenvalue weighted by molar-refractivity contribution is -0.132. The first-order valence-corrected chi connectivity index (χ1v) is 12.0. The monoisotopic (exact) mass is 501 g/mol. The number of esters is 1. The van der Waals surface area contributed by atoms with Crippen LogP contribution in [0.4, 0.5) is 5.69 Å². The lowest BCUT2D eigenvalue weighted by Gasteiger charge is -2.26. The Hall–Kier alpha value is -4.59. The first kappa shape index (κ1) is 25.5. The van der Waals surface area contributed by atoms with Gasteiger partial charge in [0.15, 0.2) is 0 Å². The van der Waals surface area contributed by atoms with Gasteiger partial charge in [0.2, 0.25) is 0 Å². The molecule has 1 atom stereocenters. The molecule has 190 valence electrons. The molecule has 0 radical (unpaired) electrons. The van der Waals surface area contributed by atoms with E-state index in [9.17, 15) is 24.6 Å². The molecule has 8 nitrogen and oxygen atoms in total. The van der Waals surface area contributed by atoms with Gasteiger partial charge in [0, 0.05) is 11.3 Å². The van der Waals surface area contributed by atoms with Crippen LogP contribution in [0, 0.1) is 0 Å². The third kappa shape index (κ3) is 5.18. The van der Waals surface area contributed by atoms with E-state index in [1.165, 1.54) is 23.1 Å². The van der Waals surface area contributed by atoms with Crippen molar-refractivity contribution in [3.8, 4) is 11.5 Å². The van der Waals surface area contributed by atoms with Crippen LogP contribution < -0.4 is 9.64 Å². The number of carbonyl (C=O) groups is 3. The van der Waals surface area contributed by atoms with Crippen molar-refractivity contribution >= 4 is 29.1 Å². The number of ketones is 1. The molecule has 1 saturated heterocycles. The van der Waals surface area contributed by atoms with Crippen LogP contribution in [-0.2, 0) is 14.3 Å². The molecule has 0 aromatic heterocycles. The minimum atomic E-state index is -1.06. The molecule has 0 aliphatic carbocycles. The maximum atomic E-state index is 13.3. The molecular weight excluding hydrogens is 474 g/mol. The molecule has 0 bridgehead atoms. The number of amides is 1. The van der Waals surface area contributed by atoms with Gasteiger partial charge in [0.1, 0.15) is 17.3 Å². The highest BCUT2D eigenvalue weighted by atomic mass is 16.5. The Morgan fingerprint density at radius 3 is 2.35 bits per heavy atom. The summed E-state index contributed by atoms with van der Waals surface area (Å²) in [6.45, 7) is 4.39. The first-order chi connectivity index (χ1) is 17.8. The van der Waals surface area contributed by atoms with Gasteiger partial charge in [-0.1, -0.05) is 25.1 Å². The number of rotatable bonds is 8. The lowest BCUT2D eigenvalue weighted by atomic mass is 9.95. The van der Waals surface area contributed by atoms with Crippen molar-refractivity contribution < 1.29 is 34.1 Å². The van der Waals surface area contributed by atoms with Gasteiger partial charge in [-0.3, -0.25) is 14.5 Å².